The van der Waals surface area contributed by atoms with E-state index >= 15 is 4.39 Å². The quantitative estimate of drug-likeness (QED) is 0.184. The van der Waals surface area contributed by atoms with Gasteiger partial charge in [0.2, 0.25) is 0 Å². The van der Waals surface area contributed by atoms with Crippen molar-refractivity contribution in [1.29, 1.82) is 0 Å². The van der Waals surface area contributed by atoms with Crippen LogP contribution in [0, 0.1) is 11.6 Å². The highest BCUT2D eigenvalue weighted by Gasteiger charge is 2.32. The van der Waals surface area contributed by atoms with Crippen LogP contribution in [0.1, 0.15) is 30.0 Å². The molecule has 0 fully saturated rings. The number of aromatic nitrogens is 2. The predicted octanol–water partition coefficient (Wildman–Crippen LogP) is 7.77. The first-order chi connectivity index (χ1) is 17.2. The third-order valence-corrected chi connectivity index (χ3v) is 5.74. The van der Waals surface area contributed by atoms with Gasteiger partial charge >= 0.3 is 6.36 Å². The first-order valence-electron chi connectivity index (χ1n) is 11.4. The van der Waals surface area contributed by atoms with Crippen molar-refractivity contribution in [3.8, 4) is 17.1 Å². The van der Waals surface area contributed by atoms with E-state index in [-0.39, 0.29) is 12.8 Å². The highest BCUT2D eigenvalue weighted by Crippen LogP contribution is 2.28. The Labute approximate surface area is 205 Å². The molecule has 1 heterocycles. The van der Waals surface area contributed by atoms with Crippen LogP contribution in [0.4, 0.5) is 22.0 Å². The third kappa shape index (κ3) is 6.24. The van der Waals surface area contributed by atoms with E-state index in [0.717, 1.165) is 36.1 Å². The number of aryl methyl sites for hydroxylation is 3. The van der Waals surface area contributed by atoms with Gasteiger partial charge in [0.1, 0.15) is 5.82 Å². The Bertz CT molecular complexity index is 1380. The highest BCUT2D eigenvalue weighted by molar-refractivity contribution is 5.87. The first-order valence-corrected chi connectivity index (χ1v) is 11.4. The molecule has 0 aliphatic carbocycles. The molecule has 0 aliphatic heterocycles. The van der Waals surface area contributed by atoms with E-state index in [4.69, 9.17) is 0 Å². The predicted molar refractivity (Wildman–Crippen MR) is 129 cm³/mol. The van der Waals surface area contributed by atoms with Crippen LogP contribution in [-0.4, -0.2) is 16.3 Å². The van der Waals surface area contributed by atoms with Crippen molar-refractivity contribution in [2.24, 2.45) is 0 Å². The minimum Gasteiger partial charge on any atom is -0.403 e. The number of benzene rings is 3. The molecule has 0 unspecified atom stereocenters. The lowest BCUT2D eigenvalue weighted by Gasteiger charge is -2.11. The maximum absolute atomic E-state index is 15.2. The molecule has 4 rings (SSSR count). The lowest BCUT2D eigenvalue weighted by molar-refractivity contribution is -0.275. The zero-order valence-electron chi connectivity index (χ0n) is 19.4. The Morgan fingerprint density at radius 1 is 0.861 bits per heavy atom. The third-order valence-electron chi connectivity index (χ3n) is 5.74. The average molecular weight is 498 g/mol. The van der Waals surface area contributed by atoms with Crippen molar-refractivity contribution >= 4 is 10.8 Å². The second kappa shape index (κ2) is 10.8. The molecule has 0 saturated heterocycles. The van der Waals surface area contributed by atoms with Gasteiger partial charge in [0, 0.05) is 23.3 Å². The lowest BCUT2D eigenvalue weighted by Crippen LogP contribution is -2.18. The SMILES string of the molecule is C/C=C/CCc1cnc(-c2ccc3c(F)c(CCc4ccc(OC(F)(F)F)c(F)c4)ccc3c2)nc1. The van der Waals surface area contributed by atoms with Crippen LogP contribution in [0.3, 0.4) is 0 Å². The summed E-state index contributed by atoms with van der Waals surface area (Å²) in [5, 5.41) is 1.12. The Balaban J connectivity index is 1.47. The normalized spacial score (nSPS) is 11.9. The fourth-order valence-electron chi connectivity index (χ4n) is 3.91. The van der Waals surface area contributed by atoms with Crippen LogP contribution in [0.15, 0.2) is 73.1 Å². The molecule has 8 heteroatoms. The number of alkyl halides is 3. The fraction of sp³-hybridized carbons (Fsp3) is 0.214. The Kier molecular flexibility index (Phi) is 7.62. The zero-order valence-corrected chi connectivity index (χ0v) is 19.4. The van der Waals surface area contributed by atoms with Crippen LogP contribution >= 0.6 is 0 Å². The monoisotopic (exact) mass is 498 g/mol. The standard InChI is InChI=1S/C28H23F5N2O/c1-2-3-4-5-19-16-34-27(35-17-19)22-11-12-23-21(15-22)10-9-20(26(23)30)8-6-18-7-13-25(24(29)14-18)36-28(31,32)33/h2-3,7,9-17H,4-6,8H2,1H3/b3-2+. The summed E-state index contributed by atoms with van der Waals surface area (Å²) >= 11 is 0. The molecule has 3 aromatic carbocycles. The molecule has 0 N–H and O–H groups in total. The molecule has 4 aromatic rings. The van der Waals surface area contributed by atoms with Gasteiger partial charge in [-0.25, -0.2) is 18.7 Å². The van der Waals surface area contributed by atoms with E-state index < -0.39 is 23.7 Å². The van der Waals surface area contributed by atoms with E-state index in [2.05, 4.69) is 20.8 Å². The minimum atomic E-state index is -4.97. The van der Waals surface area contributed by atoms with Crippen molar-refractivity contribution in [3.63, 3.8) is 0 Å². The Morgan fingerprint density at radius 3 is 2.33 bits per heavy atom. The van der Waals surface area contributed by atoms with Crippen molar-refractivity contribution < 1.29 is 26.7 Å². The molecule has 0 spiro atoms. The number of hydrogen-bond acceptors (Lipinski definition) is 3. The number of rotatable bonds is 8. The van der Waals surface area contributed by atoms with Crippen molar-refractivity contribution in [2.75, 3.05) is 0 Å². The van der Waals surface area contributed by atoms with E-state index in [1.165, 1.54) is 6.07 Å². The van der Waals surface area contributed by atoms with Crippen LogP contribution in [0.5, 0.6) is 5.75 Å². The van der Waals surface area contributed by atoms with Gasteiger partial charge in [0.05, 0.1) is 0 Å². The van der Waals surface area contributed by atoms with Gasteiger partial charge in [-0.15, -0.1) is 13.2 Å². The number of ether oxygens (including phenoxy) is 1. The molecule has 0 aliphatic rings. The van der Waals surface area contributed by atoms with Gasteiger partial charge in [-0.1, -0.05) is 42.5 Å². The minimum absolute atomic E-state index is 0.248. The maximum Gasteiger partial charge on any atom is 0.573 e. The summed E-state index contributed by atoms with van der Waals surface area (Å²) in [5.41, 5.74) is 2.67. The van der Waals surface area contributed by atoms with Gasteiger partial charge in [-0.2, -0.15) is 0 Å². The molecule has 0 radical (unpaired) electrons. The van der Waals surface area contributed by atoms with Crippen LogP contribution in [0.2, 0.25) is 0 Å². The summed E-state index contributed by atoms with van der Waals surface area (Å²) in [6.07, 6.45) is 4.98. The number of fused-ring (bicyclic) bond motifs is 1. The van der Waals surface area contributed by atoms with E-state index in [9.17, 15) is 17.6 Å². The summed E-state index contributed by atoms with van der Waals surface area (Å²) in [6.45, 7) is 1.98. The van der Waals surface area contributed by atoms with Gasteiger partial charge in [0.25, 0.3) is 0 Å². The van der Waals surface area contributed by atoms with Gasteiger partial charge in [0.15, 0.2) is 17.4 Å². The molecular weight excluding hydrogens is 475 g/mol. The van der Waals surface area contributed by atoms with Gasteiger partial charge < -0.3 is 4.74 Å². The average Bonchev–Trinajstić information content (AvgIpc) is 2.85. The first kappa shape index (κ1) is 25.3. The summed E-state index contributed by atoms with van der Waals surface area (Å²) in [5.74, 6) is -1.86. The molecule has 0 amide bonds. The molecular formula is C28H23F5N2O. The summed E-state index contributed by atoms with van der Waals surface area (Å²) in [6, 6.07) is 11.9. The second-order valence-electron chi connectivity index (χ2n) is 8.31. The van der Waals surface area contributed by atoms with Gasteiger partial charge in [-0.05, 0) is 72.9 Å². The number of allylic oxidation sites excluding steroid dienone is 2. The van der Waals surface area contributed by atoms with Crippen molar-refractivity contribution in [1.82, 2.24) is 9.97 Å². The van der Waals surface area contributed by atoms with Crippen LogP contribution in [-0.2, 0) is 19.3 Å². The second-order valence-corrected chi connectivity index (χ2v) is 8.31. The van der Waals surface area contributed by atoms with E-state index in [1.807, 2.05) is 19.1 Å². The lowest BCUT2D eigenvalue weighted by atomic mass is 9.99. The Hall–Kier alpha value is -3.81. The van der Waals surface area contributed by atoms with Crippen LogP contribution < -0.4 is 4.74 Å². The van der Waals surface area contributed by atoms with E-state index in [1.54, 1.807) is 36.7 Å². The number of halogens is 5. The van der Waals surface area contributed by atoms with Crippen molar-refractivity contribution in [2.45, 2.75) is 39.0 Å². The summed E-state index contributed by atoms with van der Waals surface area (Å²) in [7, 11) is 0. The van der Waals surface area contributed by atoms with Crippen molar-refractivity contribution in [3.05, 3.63) is 101 Å². The summed E-state index contributed by atoms with van der Waals surface area (Å²) in [4.78, 5) is 8.88. The molecule has 1 aromatic heterocycles. The topological polar surface area (TPSA) is 35.0 Å². The molecule has 186 valence electrons. The molecule has 36 heavy (non-hydrogen) atoms. The number of hydrogen-bond donors (Lipinski definition) is 0. The smallest absolute Gasteiger partial charge is 0.403 e. The fourth-order valence-corrected chi connectivity index (χ4v) is 3.91. The maximum atomic E-state index is 15.2. The zero-order chi connectivity index (χ0) is 25.7. The molecule has 0 saturated carbocycles. The largest absolute Gasteiger partial charge is 0.573 e. The van der Waals surface area contributed by atoms with Gasteiger partial charge in [-0.3, -0.25) is 0 Å². The summed E-state index contributed by atoms with van der Waals surface area (Å²) < 4.78 is 69.7. The Morgan fingerprint density at radius 2 is 1.64 bits per heavy atom. The van der Waals surface area contributed by atoms with E-state index in [0.29, 0.717) is 27.7 Å². The molecule has 0 bridgehead atoms. The number of nitrogens with zero attached hydrogens (tertiary/aromatic N) is 2. The van der Waals surface area contributed by atoms with Crippen LogP contribution in [0.25, 0.3) is 22.2 Å². The molecule has 0 atom stereocenters. The molecule has 3 nitrogen and oxygen atoms in total. The highest BCUT2D eigenvalue weighted by atomic mass is 19.4.